The van der Waals surface area contributed by atoms with Crippen molar-refractivity contribution in [1.82, 2.24) is 0 Å². The average Bonchev–Trinajstić information content (AvgIpc) is 3.05. The first-order valence-corrected chi connectivity index (χ1v) is 11.1. The molecule has 0 unspecified atom stereocenters. The number of benzene rings is 1. The van der Waals surface area contributed by atoms with Crippen LogP contribution in [0.4, 0.5) is 18.9 Å². The van der Waals surface area contributed by atoms with E-state index in [9.17, 15) is 31.2 Å². The quantitative estimate of drug-likeness (QED) is 0.658. The maximum Gasteiger partial charge on any atom is 0.573 e. The molecular weight excluding hydrogens is 453 g/mol. The monoisotopic (exact) mass is 468 g/mol. The molecule has 1 aromatic rings. The van der Waals surface area contributed by atoms with Gasteiger partial charge in [0.25, 0.3) is 5.91 Å². The van der Waals surface area contributed by atoms with E-state index in [0.29, 0.717) is 5.69 Å². The zero-order valence-electron chi connectivity index (χ0n) is 15.0. The lowest BCUT2D eigenvalue weighted by Crippen LogP contribution is -2.37. The fraction of sp³-hybridized carbons (Fsp3) is 0.438. The van der Waals surface area contributed by atoms with Crippen LogP contribution < -0.4 is 9.64 Å². The molecule has 2 heterocycles. The van der Waals surface area contributed by atoms with E-state index in [0.717, 1.165) is 23.9 Å². The van der Waals surface area contributed by atoms with Gasteiger partial charge < -0.3 is 19.5 Å². The minimum Gasteiger partial charge on any atom is -0.480 e. The van der Waals surface area contributed by atoms with Gasteiger partial charge in [-0.3, -0.25) is 4.79 Å². The molecule has 0 spiro atoms. The molecule has 3 rings (SSSR count). The summed E-state index contributed by atoms with van der Waals surface area (Å²) in [7, 11) is -3.32. The highest BCUT2D eigenvalue weighted by Gasteiger charge is 2.49. The molecule has 0 aliphatic carbocycles. The second-order valence-corrected chi connectivity index (χ2v) is 9.75. The van der Waals surface area contributed by atoms with Gasteiger partial charge in [-0.05, 0) is 24.3 Å². The van der Waals surface area contributed by atoms with E-state index in [2.05, 4.69) is 9.73 Å². The molecule has 9 nitrogen and oxygen atoms in total. The van der Waals surface area contributed by atoms with Crippen LogP contribution in [0.2, 0.25) is 0 Å². The number of amides is 1. The Morgan fingerprint density at radius 3 is 2.47 bits per heavy atom. The van der Waals surface area contributed by atoms with E-state index in [1.165, 1.54) is 17.0 Å². The van der Waals surface area contributed by atoms with Gasteiger partial charge in [0, 0.05) is 10.9 Å². The summed E-state index contributed by atoms with van der Waals surface area (Å²) in [4.78, 5) is 27.8. The van der Waals surface area contributed by atoms with Crippen molar-refractivity contribution in [3.05, 3.63) is 24.3 Å². The minimum atomic E-state index is -4.86. The van der Waals surface area contributed by atoms with E-state index in [1.54, 1.807) is 0 Å². The Labute approximate surface area is 172 Å². The van der Waals surface area contributed by atoms with E-state index >= 15 is 0 Å². The lowest BCUT2D eigenvalue weighted by molar-refractivity contribution is -0.274. The number of carboxylic acid groups (broad SMARTS) is 1. The van der Waals surface area contributed by atoms with Gasteiger partial charge in [0.1, 0.15) is 19.0 Å². The number of nitrogens with zero attached hydrogens (tertiary/aromatic N) is 2. The number of thioether (sulfide) groups is 1. The summed E-state index contributed by atoms with van der Waals surface area (Å²) in [5, 5.41) is 8.28. The van der Waals surface area contributed by atoms with E-state index in [1.807, 2.05) is 0 Å². The van der Waals surface area contributed by atoms with Crippen LogP contribution in [0.25, 0.3) is 0 Å². The third kappa shape index (κ3) is 5.64. The summed E-state index contributed by atoms with van der Waals surface area (Å²) in [6.07, 6.45) is -4.86. The van der Waals surface area contributed by atoms with E-state index in [4.69, 9.17) is 9.84 Å². The van der Waals surface area contributed by atoms with Gasteiger partial charge in [0.05, 0.1) is 17.5 Å². The smallest absolute Gasteiger partial charge is 0.480 e. The number of aliphatic carboxylic acids is 1. The molecule has 164 valence electrons. The summed E-state index contributed by atoms with van der Waals surface area (Å²) in [6.45, 7) is -1.27. The predicted molar refractivity (Wildman–Crippen MR) is 100 cm³/mol. The highest BCUT2D eigenvalue weighted by atomic mass is 32.2. The Morgan fingerprint density at radius 2 is 1.87 bits per heavy atom. The third-order valence-electron chi connectivity index (χ3n) is 4.09. The van der Waals surface area contributed by atoms with Gasteiger partial charge in [-0.1, -0.05) is 11.8 Å². The zero-order valence-corrected chi connectivity index (χ0v) is 16.7. The molecule has 0 radical (unpaired) electrons. The van der Waals surface area contributed by atoms with Crippen LogP contribution in [-0.2, 0) is 24.2 Å². The molecule has 2 atom stereocenters. The highest BCUT2D eigenvalue weighted by molar-refractivity contribution is 8.16. The number of hydrogen-bond donors (Lipinski definition) is 1. The van der Waals surface area contributed by atoms with Gasteiger partial charge in [-0.25, -0.2) is 13.2 Å². The van der Waals surface area contributed by atoms with Crippen molar-refractivity contribution in [2.75, 3.05) is 29.6 Å². The maximum absolute atomic E-state index is 12.4. The van der Waals surface area contributed by atoms with Crippen molar-refractivity contribution in [2.24, 2.45) is 4.99 Å². The standard InChI is InChI=1S/C16H15F3N2O7S2/c17-16(18,19)28-10-3-1-9(2-4-10)21-11-7-30(25,26)8-12(11)29-15(21)20-13(22)5-27-6-14(23)24/h1-4,11-12H,5-8H2,(H,23,24)/t11-,12+/m0/s1. The second kappa shape index (κ2) is 8.43. The van der Waals surface area contributed by atoms with Crippen LogP contribution in [-0.4, -0.2) is 72.9 Å². The van der Waals surface area contributed by atoms with Crippen molar-refractivity contribution < 1.29 is 45.8 Å². The maximum atomic E-state index is 12.4. The molecule has 1 aromatic carbocycles. The first-order valence-electron chi connectivity index (χ1n) is 8.37. The molecule has 2 fully saturated rings. The molecular formula is C16H15F3N2O7S2. The van der Waals surface area contributed by atoms with Crippen LogP contribution in [0.5, 0.6) is 5.75 Å². The number of anilines is 1. The molecule has 1 N–H and O–H groups in total. The van der Waals surface area contributed by atoms with Crippen molar-refractivity contribution in [3.8, 4) is 5.75 Å². The van der Waals surface area contributed by atoms with Crippen LogP contribution in [0.15, 0.2) is 29.3 Å². The fourth-order valence-electron chi connectivity index (χ4n) is 3.04. The number of sulfone groups is 1. The highest BCUT2D eigenvalue weighted by Crippen LogP contribution is 2.41. The number of amidine groups is 1. The van der Waals surface area contributed by atoms with Crippen molar-refractivity contribution in [1.29, 1.82) is 0 Å². The number of hydrogen-bond acceptors (Lipinski definition) is 7. The van der Waals surface area contributed by atoms with Crippen LogP contribution in [0.3, 0.4) is 0 Å². The van der Waals surface area contributed by atoms with Gasteiger partial charge in [-0.15, -0.1) is 13.2 Å². The van der Waals surface area contributed by atoms with Gasteiger partial charge in [0.2, 0.25) is 0 Å². The molecule has 2 aliphatic heterocycles. The summed E-state index contributed by atoms with van der Waals surface area (Å²) in [6, 6.07) is 4.19. The lowest BCUT2D eigenvalue weighted by atomic mass is 10.2. The number of aliphatic imine (C=N–C) groups is 1. The van der Waals surface area contributed by atoms with E-state index < -0.39 is 58.3 Å². The summed E-state index contributed by atoms with van der Waals surface area (Å²) in [5.41, 5.74) is 0.333. The number of ether oxygens (including phenoxy) is 2. The number of rotatable bonds is 6. The number of carbonyl (C=O) groups is 2. The molecule has 2 aliphatic rings. The first-order chi connectivity index (χ1) is 13.9. The average molecular weight is 468 g/mol. The minimum absolute atomic E-state index is 0.128. The van der Waals surface area contributed by atoms with Gasteiger partial charge in [0.15, 0.2) is 15.0 Å². The molecule has 2 saturated heterocycles. The summed E-state index contributed by atoms with van der Waals surface area (Å²) < 4.78 is 69.6. The molecule has 1 amide bonds. The zero-order chi connectivity index (χ0) is 22.1. The molecule has 14 heteroatoms. The predicted octanol–water partition coefficient (Wildman–Crippen LogP) is 1.29. The second-order valence-electron chi connectivity index (χ2n) is 6.39. The Bertz CT molecular complexity index is 964. The number of alkyl halides is 3. The third-order valence-corrected chi connectivity index (χ3v) is 7.30. The Morgan fingerprint density at radius 1 is 1.20 bits per heavy atom. The van der Waals surface area contributed by atoms with Gasteiger partial charge >= 0.3 is 12.3 Å². The number of fused-ring (bicyclic) bond motifs is 1. The Balaban J connectivity index is 1.83. The van der Waals surface area contributed by atoms with Crippen molar-refractivity contribution in [3.63, 3.8) is 0 Å². The molecule has 0 bridgehead atoms. The molecule has 0 saturated carbocycles. The summed E-state index contributed by atoms with van der Waals surface area (Å²) >= 11 is 1.06. The number of carbonyl (C=O) groups excluding carboxylic acids is 1. The van der Waals surface area contributed by atoms with E-state index in [-0.39, 0.29) is 16.7 Å². The first kappa shape index (κ1) is 22.4. The summed E-state index contributed by atoms with van der Waals surface area (Å²) in [5.74, 6) is -2.81. The largest absolute Gasteiger partial charge is 0.573 e. The fourth-order valence-corrected chi connectivity index (χ4v) is 6.97. The van der Waals surface area contributed by atoms with Crippen LogP contribution in [0.1, 0.15) is 0 Å². The SMILES string of the molecule is O=C(O)COCC(=O)N=C1S[C@@H]2CS(=O)(=O)C[C@@H]2N1c1ccc(OC(F)(F)F)cc1. The topological polar surface area (TPSA) is 123 Å². The number of carboxylic acids is 1. The van der Waals surface area contributed by atoms with Crippen molar-refractivity contribution in [2.45, 2.75) is 17.7 Å². The number of halogens is 3. The van der Waals surface area contributed by atoms with Crippen LogP contribution >= 0.6 is 11.8 Å². The Kier molecular flexibility index (Phi) is 6.29. The lowest BCUT2D eigenvalue weighted by Gasteiger charge is -2.24. The Hall–Kier alpha value is -2.32. The van der Waals surface area contributed by atoms with Crippen LogP contribution in [0, 0.1) is 0 Å². The normalized spacial score (nSPS) is 24.1. The van der Waals surface area contributed by atoms with Crippen molar-refractivity contribution >= 4 is 44.3 Å². The molecule has 0 aromatic heterocycles. The van der Waals surface area contributed by atoms with Gasteiger partial charge in [-0.2, -0.15) is 4.99 Å². The molecule has 30 heavy (non-hydrogen) atoms.